The quantitative estimate of drug-likeness (QED) is 0.618. The van der Waals surface area contributed by atoms with E-state index in [1.54, 1.807) is 0 Å². The van der Waals surface area contributed by atoms with Crippen molar-refractivity contribution in [2.45, 2.75) is 13.8 Å². The second kappa shape index (κ2) is 5.89. The first kappa shape index (κ1) is 8.76. The van der Waals surface area contributed by atoms with Gasteiger partial charge in [0.1, 0.15) is 0 Å². The number of dihydropyridines is 1. The fourth-order valence-electron chi connectivity index (χ4n) is 0.444. The van der Waals surface area contributed by atoms with Gasteiger partial charge >= 0.3 is 0 Å². The highest BCUT2D eigenvalue weighted by Gasteiger charge is 1.86. The Hall–Kier alpha value is -0.240. The van der Waals surface area contributed by atoms with Crippen molar-refractivity contribution in [1.29, 1.82) is 0 Å². The fourth-order valence-corrected chi connectivity index (χ4v) is 0.793. The minimum Gasteiger partial charge on any atom is -0.387 e. The highest BCUT2D eigenvalue weighted by Crippen LogP contribution is 2.06. The Kier molecular flexibility index (Phi) is 5.73. The lowest BCUT2D eigenvalue weighted by Gasteiger charge is -1.99. The van der Waals surface area contributed by atoms with Gasteiger partial charge in [-0.05, 0) is 22.0 Å². The molecule has 52 valence electrons. The van der Waals surface area contributed by atoms with Gasteiger partial charge in [0.05, 0.1) is 0 Å². The van der Waals surface area contributed by atoms with Gasteiger partial charge in [-0.3, -0.25) is 0 Å². The zero-order valence-corrected chi connectivity index (χ0v) is 7.40. The summed E-state index contributed by atoms with van der Waals surface area (Å²) in [6.07, 6.45) is 6.01. The molecule has 1 rings (SSSR count). The van der Waals surface area contributed by atoms with E-state index in [-0.39, 0.29) is 0 Å². The molecule has 0 aromatic heterocycles. The van der Waals surface area contributed by atoms with Crippen LogP contribution in [0.25, 0.3) is 0 Å². The number of halogens is 1. The molecule has 0 aromatic carbocycles. The molecule has 0 fully saturated rings. The second-order valence-corrected chi connectivity index (χ2v) is 2.26. The van der Waals surface area contributed by atoms with E-state index in [1.807, 2.05) is 26.1 Å². The molecule has 1 nitrogen and oxygen atoms in total. The van der Waals surface area contributed by atoms with Gasteiger partial charge in [-0.1, -0.05) is 19.9 Å². The normalized spacial score (nSPS) is 14.8. The molecule has 2 heteroatoms. The Labute approximate surface area is 65.0 Å². The first-order valence-corrected chi connectivity index (χ1v) is 3.94. The average molecular weight is 190 g/mol. The van der Waals surface area contributed by atoms with Gasteiger partial charge in [-0.25, -0.2) is 0 Å². The largest absolute Gasteiger partial charge is 0.387 e. The molecule has 0 saturated heterocycles. The molecule has 0 radical (unpaired) electrons. The summed E-state index contributed by atoms with van der Waals surface area (Å²) in [5.74, 6) is 0. The third kappa shape index (κ3) is 4.28. The van der Waals surface area contributed by atoms with E-state index in [9.17, 15) is 0 Å². The van der Waals surface area contributed by atoms with Gasteiger partial charge in [0, 0.05) is 17.2 Å². The summed E-state index contributed by atoms with van der Waals surface area (Å²) in [4.78, 5) is 0. The van der Waals surface area contributed by atoms with Crippen LogP contribution in [0.15, 0.2) is 22.8 Å². The topological polar surface area (TPSA) is 12.0 Å². The van der Waals surface area contributed by atoms with E-state index in [0.29, 0.717) is 0 Å². The molecule has 0 unspecified atom stereocenters. The third-order valence-corrected chi connectivity index (χ3v) is 1.25. The van der Waals surface area contributed by atoms with Crippen LogP contribution in [-0.4, -0.2) is 6.54 Å². The summed E-state index contributed by atoms with van der Waals surface area (Å²) in [5.41, 5.74) is 0. The lowest BCUT2D eigenvalue weighted by molar-refractivity contribution is 0.970. The average Bonchev–Trinajstić information content (AvgIpc) is 1.94. The van der Waals surface area contributed by atoms with Crippen molar-refractivity contribution in [3.63, 3.8) is 0 Å². The summed E-state index contributed by atoms with van der Waals surface area (Å²) in [5, 5.41) is 3.04. The van der Waals surface area contributed by atoms with Crippen molar-refractivity contribution >= 4 is 15.9 Å². The van der Waals surface area contributed by atoms with Crippen LogP contribution >= 0.6 is 15.9 Å². The van der Waals surface area contributed by atoms with Crippen LogP contribution in [-0.2, 0) is 0 Å². The van der Waals surface area contributed by atoms with Crippen LogP contribution < -0.4 is 5.32 Å². The van der Waals surface area contributed by atoms with Gasteiger partial charge in [0.25, 0.3) is 0 Å². The maximum atomic E-state index is 3.30. The fraction of sp³-hybridized carbons (Fsp3) is 0.429. The first-order chi connectivity index (χ1) is 4.39. The van der Waals surface area contributed by atoms with E-state index in [2.05, 4.69) is 27.3 Å². The van der Waals surface area contributed by atoms with E-state index in [1.165, 1.54) is 0 Å². The number of hydrogen-bond donors (Lipinski definition) is 1. The maximum Gasteiger partial charge on any atom is 0.0329 e. The number of allylic oxidation sites excluding steroid dienone is 2. The zero-order chi connectivity index (χ0) is 7.11. The molecule has 0 spiro atoms. The van der Waals surface area contributed by atoms with E-state index >= 15 is 0 Å². The number of hydrogen-bond acceptors (Lipinski definition) is 1. The number of rotatable bonds is 0. The molecule has 0 aromatic rings. The Morgan fingerprint density at radius 1 is 1.56 bits per heavy atom. The van der Waals surface area contributed by atoms with Crippen molar-refractivity contribution in [3.8, 4) is 0 Å². The molecule has 0 atom stereocenters. The summed E-state index contributed by atoms with van der Waals surface area (Å²) in [6.45, 7) is 4.95. The van der Waals surface area contributed by atoms with Crippen LogP contribution in [0.3, 0.4) is 0 Å². The van der Waals surface area contributed by atoms with Crippen LogP contribution in [0, 0.1) is 0 Å². The monoisotopic (exact) mass is 189 g/mol. The van der Waals surface area contributed by atoms with Crippen molar-refractivity contribution in [3.05, 3.63) is 22.8 Å². The van der Waals surface area contributed by atoms with E-state index in [4.69, 9.17) is 0 Å². The van der Waals surface area contributed by atoms with Crippen molar-refractivity contribution in [1.82, 2.24) is 5.32 Å². The Bertz CT molecular complexity index is 116. The SMILES string of the molecule is BrC1=CNCC=C1.CC. The van der Waals surface area contributed by atoms with Crippen LogP contribution in [0.5, 0.6) is 0 Å². The summed E-state index contributed by atoms with van der Waals surface area (Å²) < 4.78 is 1.11. The Balaban J connectivity index is 0.000000291. The zero-order valence-electron chi connectivity index (χ0n) is 5.82. The molecule has 1 aliphatic heterocycles. The van der Waals surface area contributed by atoms with E-state index in [0.717, 1.165) is 11.0 Å². The predicted molar refractivity (Wildman–Crippen MR) is 45.5 cm³/mol. The van der Waals surface area contributed by atoms with Crippen LogP contribution in [0.2, 0.25) is 0 Å². The maximum absolute atomic E-state index is 3.30. The summed E-state index contributed by atoms with van der Waals surface area (Å²) >= 11 is 3.30. The minimum atomic E-state index is 0.953. The highest BCUT2D eigenvalue weighted by molar-refractivity contribution is 9.11. The van der Waals surface area contributed by atoms with Gasteiger partial charge in [0.2, 0.25) is 0 Å². The van der Waals surface area contributed by atoms with Gasteiger partial charge in [0.15, 0.2) is 0 Å². The lowest BCUT2D eigenvalue weighted by Crippen LogP contribution is -2.06. The molecule has 0 aliphatic carbocycles. The smallest absolute Gasteiger partial charge is 0.0329 e. The predicted octanol–water partition coefficient (Wildman–Crippen LogP) is 2.41. The Morgan fingerprint density at radius 3 is 2.44 bits per heavy atom. The molecule has 1 aliphatic rings. The molecular weight excluding hydrogens is 178 g/mol. The standard InChI is InChI=1S/C5H6BrN.C2H6/c6-5-2-1-3-7-4-5;1-2/h1-2,4,7H,3H2;1-2H3. The van der Waals surface area contributed by atoms with Crippen LogP contribution in [0.4, 0.5) is 0 Å². The molecule has 0 amide bonds. The van der Waals surface area contributed by atoms with Gasteiger partial charge in [-0.2, -0.15) is 0 Å². The highest BCUT2D eigenvalue weighted by atomic mass is 79.9. The molecule has 9 heavy (non-hydrogen) atoms. The first-order valence-electron chi connectivity index (χ1n) is 3.15. The van der Waals surface area contributed by atoms with Crippen molar-refractivity contribution in [2.75, 3.05) is 6.54 Å². The van der Waals surface area contributed by atoms with E-state index < -0.39 is 0 Å². The minimum absolute atomic E-state index is 0.953. The molecule has 0 bridgehead atoms. The molecule has 1 heterocycles. The van der Waals surface area contributed by atoms with Crippen molar-refractivity contribution in [2.24, 2.45) is 0 Å². The molecule has 0 saturated carbocycles. The van der Waals surface area contributed by atoms with Gasteiger partial charge < -0.3 is 5.32 Å². The van der Waals surface area contributed by atoms with Crippen LogP contribution in [0.1, 0.15) is 13.8 Å². The molecule has 1 N–H and O–H groups in total. The number of nitrogens with one attached hydrogen (secondary N) is 1. The van der Waals surface area contributed by atoms with Gasteiger partial charge in [-0.15, -0.1) is 0 Å². The summed E-state index contributed by atoms with van der Waals surface area (Å²) in [6, 6.07) is 0. The summed E-state index contributed by atoms with van der Waals surface area (Å²) in [7, 11) is 0. The van der Waals surface area contributed by atoms with Crippen molar-refractivity contribution < 1.29 is 0 Å². The lowest BCUT2D eigenvalue weighted by atomic mass is 10.4. The second-order valence-electron chi connectivity index (χ2n) is 1.34. The third-order valence-electron chi connectivity index (χ3n) is 0.753. The Morgan fingerprint density at radius 2 is 2.22 bits per heavy atom. The molecular formula is C7H12BrN.